The maximum Gasteiger partial charge on any atom is 0.225 e. The van der Waals surface area contributed by atoms with Crippen LogP contribution >= 0.6 is 0 Å². The molecule has 0 aliphatic rings. The number of aryl methyl sites for hydroxylation is 1. The Morgan fingerprint density at radius 2 is 1.62 bits per heavy atom. The van der Waals surface area contributed by atoms with Crippen LogP contribution in [0, 0.1) is 5.41 Å². The molecule has 3 nitrogen and oxygen atoms in total. The van der Waals surface area contributed by atoms with Gasteiger partial charge in [-0.25, -0.2) is 0 Å². The van der Waals surface area contributed by atoms with Crippen molar-refractivity contribution in [2.75, 3.05) is 0 Å². The number of hydrogen-bond acceptors (Lipinski definition) is 2. The third kappa shape index (κ3) is 5.04. The van der Waals surface area contributed by atoms with Gasteiger partial charge in [0.15, 0.2) is 5.78 Å². The summed E-state index contributed by atoms with van der Waals surface area (Å²) in [5, 5.41) is 5.31. The summed E-state index contributed by atoms with van der Waals surface area (Å²) in [5.74, 6) is 0.198. The molecule has 26 heavy (non-hydrogen) atoms. The van der Waals surface area contributed by atoms with Gasteiger partial charge in [0.05, 0.1) is 0 Å². The SMILES string of the molecule is C=C(C)C(=O)CCc1ccc2cc(CNC(=O)C(C)(C)CC)ccc2c1. The van der Waals surface area contributed by atoms with Crippen molar-refractivity contribution in [2.24, 2.45) is 5.41 Å². The molecule has 0 radical (unpaired) electrons. The maximum atomic E-state index is 12.2. The predicted molar refractivity (Wildman–Crippen MR) is 108 cm³/mol. The molecule has 138 valence electrons. The molecule has 2 rings (SSSR count). The zero-order valence-electron chi connectivity index (χ0n) is 16.3. The van der Waals surface area contributed by atoms with Gasteiger partial charge in [0.1, 0.15) is 0 Å². The Morgan fingerprint density at radius 1 is 1.04 bits per heavy atom. The van der Waals surface area contributed by atoms with Gasteiger partial charge in [-0.1, -0.05) is 57.7 Å². The minimum atomic E-state index is -0.340. The molecule has 0 fully saturated rings. The van der Waals surface area contributed by atoms with E-state index >= 15 is 0 Å². The highest BCUT2D eigenvalue weighted by molar-refractivity contribution is 5.94. The first-order valence-corrected chi connectivity index (χ1v) is 9.21. The van der Waals surface area contributed by atoms with Crippen molar-refractivity contribution in [3.8, 4) is 0 Å². The molecule has 0 saturated carbocycles. The number of benzene rings is 2. The molecule has 0 spiro atoms. The van der Waals surface area contributed by atoms with Crippen molar-refractivity contribution in [3.63, 3.8) is 0 Å². The van der Waals surface area contributed by atoms with E-state index in [0.29, 0.717) is 18.5 Å². The molecule has 1 amide bonds. The Morgan fingerprint density at radius 3 is 2.19 bits per heavy atom. The summed E-state index contributed by atoms with van der Waals surface area (Å²) < 4.78 is 0. The second kappa shape index (κ2) is 8.31. The molecule has 0 heterocycles. The number of carbonyl (C=O) groups excluding carboxylic acids is 2. The van der Waals surface area contributed by atoms with Crippen LogP contribution in [0.15, 0.2) is 48.6 Å². The largest absolute Gasteiger partial charge is 0.352 e. The summed E-state index contributed by atoms with van der Waals surface area (Å²) in [7, 11) is 0. The molecule has 0 unspecified atom stereocenters. The molecular formula is C23H29NO2. The lowest BCUT2D eigenvalue weighted by Crippen LogP contribution is -2.35. The first-order valence-electron chi connectivity index (χ1n) is 9.21. The Bertz CT molecular complexity index is 833. The van der Waals surface area contributed by atoms with Gasteiger partial charge in [-0.2, -0.15) is 0 Å². The first-order chi connectivity index (χ1) is 12.2. The van der Waals surface area contributed by atoms with Crippen molar-refractivity contribution in [2.45, 2.75) is 53.5 Å². The van der Waals surface area contributed by atoms with E-state index in [4.69, 9.17) is 0 Å². The lowest BCUT2D eigenvalue weighted by Gasteiger charge is -2.21. The summed E-state index contributed by atoms with van der Waals surface area (Å²) in [6.07, 6.45) is 2.04. The molecule has 0 atom stereocenters. The average Bonchev–Trinajstić information content (AvgIpc) is 2.63. The van der Waals surface area contributed by atoms with Crippen molar-refractivity contribution < 1.29 is 9.59 Å². The molecule has 1 N–H and O–H groups in total. The lowest BCUT2D eigenvalue weighted by molar-refractivity contribution is -0.129. The van der Waals surface area contributed by atoms with E-state index in [1.165, 1.54) is 0 Å². The third-order valence-corrected chi connectivity index (χ3v) is 5.04. The Balaban J connectivity index is 2.05. The van der Waals surface area contributed by atoms with Crippen LogP contribution in [-0.2, 0) is 22.6 Å². The average molecular weight is 351 g/mol. The second-order valence-corrected chi connectivity index (χ2v) is 7.64. The third-order valence-electron chi connectivity index (χ3n) is 5.04. The van der Waals surface area contributed by atoms with Crippen molar-refractivity contribution in [3.05, 3.63) is 59.7 Å². The first kappa shape index (κ1) is 19.9. The van der Waals surface area contributed by atoms with Gasteiger partial charge in [-0.3, -0.25) is 9.59 Å². The van der Waals surface area contributed by atoms with E-state index in [1.54, 1.807) is 6.92 Å². The maximum absolute atomic E-state index is 12.2. The number of amides is 1. The van der Waals surface area contributed by atoms with Crippen molar-refractivity contribution in [1.29, 1.82) is 0 Å². The van der Waals surface area contributed by atoms with E-state index in [1.807, 2.05) is 26.8 Å². The zero-order valence-corrected chi connectivity index (χ0v) is 16.3. The monoisotopic (exact) mass is 351 g/mol. The second-order valence-electron chi connectivity index (χ2n) is 7.64. The molecule has 0 aliphatic heterocycles. The summed E-state index contributed by atoms with van der Waals surface area (Å²) in [4.78, 5) is 23.9. The van der Waals surface area contributed by atoms with Crippen molar-refractivity contribution in [1.82, 2.24) is 5.32 Å². The summed E-state index contributed by atoms with van der Waals surface area (Å²) in [6.45, 7) is 11.9. The van der Waals surface area contributed by atoms with Gasteiger partial charge >= 0.3 is 0 Å². The van der Waals surface area contributed by atoms with Crippen LogP contribution in [0.1, 0.15) is 51.7 Å². The Labute approximate surface area is 156 Å². The summed E-state index contributed by atoms with van der Waals surface area (Å²) >= 11 is 0. The van der Waals surface area contributed by atoms with Crippen LogP contribution in [-0.4, -0.2) is 11.7 Å². The quantitative estimate of drug-likeness (QED) is 0.683. The van der Waals surface area contributed by atoms with E-state index in [0.717, 1.165) is 34.7 Å². The van der Waals surface area contributed by atoms with Gasteiger partial charge in [0.25, 0.3) is 0 Å². The zero-order chi connectivity index (χ0) is 19.3. The fourth-order valence-electron chi connectivity index (χ4n) is 2.66. The van der Waals surface area contributed by atoms with Crippen LogP contribution in [0.25, 0.3) is 10.8 Å². The van der Waals surface area contributed by atoms with Crippen LogP contribution in [0.2, 0.25) is 0 Å². The predicted octanol–water partition coefficient (Wildman–Crippen LogP) is 4.97. The van der Waals surface area contributed by atoms with E-state index in [2.05, 4.69) is 42.2 Å². The molecule has 0 bridgehead atoms. The summed E-state index contributed by atoms with van der Waals surface area (Å²) in [5.41, 5.74) is 2.51. The number of carbonyl (C=O) groups is 2. The molecule has 0 aromatic heterocycles. The van der Waals surface area contributed by atoms with Gasteiger partial charge in [-0.05, 0) is 53.3 Å². The molecule has 0 saturated heterocycles. The molecule has 2 aromatic carbocycles. The highest BCUT2D eigenvalue weighted by Gasteiger charge is 2.24. The van der Waals surface area contributed by atoms with Crippen LogP contribution in [0.5, 0.6) is 0 Å². The standard InChI is InChI=1S/C23H29NO2/c1-6-23(4,5)22(26)24-15-18-8-11-19-13-17(7-10-20(19)14-18)9-12-21(25)16(2)3/h7-8,10-11,13-14H,2,6,9,12,15H2,1,3-5H3,(H,24,26). The fraction of sp³-hybridized carbons (Fsp3) is 0.391. The normalized spacial score (nSPS) is 11.4. The minimum Gasteiger partial charge on any atom is -0.352 e. The molecule has 0 aliphatic carbocycles. The number of rotatable bonds is 8. The van der Waals surface area contributed by atoms with Crippen LogP contribution in [0.4, 0.5) is 0 Å². The van der Waals surface area contributed by atoms with Gasteiger partial charge < -0.3 is 5.32 Å². The Kier molecular flexibility index (Phi) is 6.36. The summed E-state index contributed by atoms with van der Waals surface area (Å²) in [6, 6.07) is 12.5. The van der Waals surface area contributed by atoms with Crippen LogP contribution in [0.3, 0.4) is 0 Å². The highest BCUT2D eigenvalue weighted by Crippen LogP contribution is 2.21. The number of allylic oxidation sites excluding steroid dienone is 1. The molecule has 3 heteroatoms. The number of fused-ring (bicyclic) bond motifs is 1. The molecule has 2 aromatic rings. The van der Waals surface area contributed by atoms with Gasteiger partial charge in [0, 0.05) is 18.4 Å². The fourth-order valence-corrected chi connectivity index (χ4v) is 2.66. The number of hydrogen-bond donors (Lipinski definition) is 1. The van der Waals surface area contributed by atoms with Crippen LogP contribution < -0.4 is 5.32 Å². The van der Waals surface area contributed by atoms with Crippen molar-refractivity contribution >= 4 is 22.5 Å². The topological polar surface area (TPSA) is 46.2 Å². The van der Waals surface area contributed by atoms with Gasteiger partial charge in [-0.15, -0.1) is 0 Å². The lowest BCUT2D eigenvalue weighted by atomic mass is 9.89. The number of ketones is 1. The number of Topliss-reactive ketones (excluding diaryl/α,β-unsaturated/α-hetero) is 1. The van der Waals surface area contributed by atoms with E-state index < -0.39 is 0 Å². The van der Waals surface area contributed by atoms with Gasteiger partial charge in [0.2, 0.25) is 5.91 Å². The van der Waals surface area contributed by atoms with E-state index in [9.17, 15) is 9.59 Å². The smallest absolute Gasteiger partial charge is 0.225 e. The number of nitrogens with one attached hydrogen (secondary N) is 1. The minimum absolute atomic E-state index is 0.0811. The molecular weight excluding hydrogens is 322 g/mol. The highest BCUT2D eigenvalue weighted by atomic mass is 16.2. The van der Waals surface area contributed by atoms with E-state index in [-0.39, 0.29) is 17.1 Å². The Hall–Kier alpha value is -2.42.